The van der Waals surface area contributed by atoms with Crippen LogP contribution >= 0.6 is 0 Å². The van der Waals surface area contributed by atoms with Gasteiger partial charge in [-0.3, -0.25) is 9.78 Å². The Balaban J connectivity index is 1.79. The van der Waals surface area contributed by atoms with Crippen molar-refractivity contribution in [2.24, 2.45) is 0 Å². The molecule has 0 unspecified atom stereocenters. The number of nitrogens with one attached hydrogen (secondary N) is 1. The highest BCUT2D eigenvalue weighted by atomic mass is 16.3. The maximum Gasteiger partial charge on any atom is 0.270 e. The van der Waals surface area contributed by atoms with Crippen LogP contribution in [0.15, 0.2) is 60.8 Å². The Kier molecular flexibility index (Phi) is 3.51. The van der Waals surface area contributed by atoms with Crippen LogP contribution in [0.2, 0.25) is 0 Å². The number of hydrogen-bond acceptors (Lipinski definition) is 3. The van der Waals surface area contributed by atoms with Crippen molar-refractivity contribution < 1.29 is 9.90 Å². The Labute approximate surface area is 122 Å². The molecule has 0 atom stereocenters. The van der Waals surface area contributed by atoms with Crippen molar-refractivity contribution in [3.8, 4) is 5.75 Å². The lowest BCUT2D eigenvalue weighted by molar-refractivity contribution is 0.0948. The van der Waals surface area contributed by atoms with E-state index in [2.05, 4.69) is 10.3 Å². The number of carbonyl (C=O) groups is 1. The van der Waals surface area contributed by atoms with Gasteiger partial charge in [0.2, 0.25) is 0 Å². The molecule has 0 bridgehead atoms. The second kappa shape index (κ2) is 5.63. The van der Waals surface area contributed by atoms with Gasteiger partial charge in [0.1, 0.15) is 11.4 Å². The van der Waals surface area contributed by atoms with E-state index >= 15 is 0 Å². The van der Waals surface area contributed by atoms with E-state index in [-0.39, 0.29) is 11.7 Å². The second-order valence-corrected chi connectivity index (χ2v) is 4.73. The molecule has 4 heteroatoms. The first-order valence-electron chi connectivity index (χ1n) is 6.64. The largest absolute Gasteiger partial charge is 0.508 e. The van der Waals surface area contributed by atoms with Gasteiger partial charge in [0.15, 0.2) is 0 Å². The lowest BCUT2D eigenvalue weighted by atomic mass is 10.1. The molecule has 0 spiro atoms. The van der Waals surface area contributed by atoms with Gasteiger partial charge in [-0.05, 0) is 29.1 Å². The van der Waals surface area contributed by atoms with Gasteiger partial charge in [0.05, 0.1) is 0 Å². The maximum atomic E-state index is 12.3. The molecule has 2 N–H and O–H groups in total. The van der Waals surface area contributed by atoms with Crippen LogP contribution in [-0.2, 0) is 6.54 Å². The van der Waals surface area contributed by atoms with Gasteiger partial charge in [-0.1, -0.05) is 36.4 Å². The number of hydrogen-bond donors (Lipinski definition) is 2. The molecular weight excluding hydrogens is 264 g/mol. The highest BCUT2D eigenvalue weighted by Gasteiger charge is 2.10. The van der Waals surface area contributed by atoms with Crippen LogP contribution in [0.3, 0.4) is 0 Å². The van der Waals surface area contributed by atoms with E-state index in [9.17, 15) is 9.90 Å². The topological polar surface area (TPSA) is 62.2 Å². The van der Waals surface area contributed by atoms with E-state index in [4.69, 9.17) is 0 Å². The number of aromatic hydroxyl groups is 1. The average molecular weight is 278 g/mol. The van der Waals surface area contributed by atoms with Crippen LogP contribution in [-0.4, -0.2) is 16.0 Å². The van der Waals surface area contributed by atoms with Crippen molar-refractivity contribution in [2.75, 3.05) is 0 Å². The molecule has 0 radical (unpaired) electrons. The number of aromatic nitrogens is 1. The Morgan fingerprint density at radius 1 is 1.05 bits per heavy atom. The summed E-state index contributed by atoms with van der Waals surface area (Å²) in [5, 5.41) is 13.9. The van der Waals surface area contributed by atoms with Crippen LogP contribution in [0.4, 0.5) is 0 Å². The average Bonchev–Trinajstić information content (AvgIpc) is 2.53. The number of benzene rings is 2. The van der Waals surface area contributed by atoms with Crippen LogP contribution in [0.5, 0.6) is 5.75 Å². The third-order valence-electron chi connectivity index (χ3n) is 3.28. The summed E-state index contributed by atoms with van der Waals surface area (Å²) in [6.07, 6.45) is 1.64. The highest BCUT2D eigenvalue weighted by Crippen LogP contribution is 2.16. The molecular formula is C17H14N2O2. The molecule has 3 aromatic rings. The first-order valence-corrected chi connectivity index (χ1v) is 6.64. The molecule has 0 saturated heterocycles. The first-order chi connectivity index (χ1) is 10.2. The third-order valence-corrected chi connectivity index (χ3v) is 3.28. The number of phenolic OH excluding ortho intramolecular Hbond substituents is 1. The Hall–Kier alpha value is -2.88. The van der Waals surface area contributed by atoms with Crippen LogP contribution in [0, 0.1) is 0 Å². The summed E-state index contributed by atoms with van der Waals surface area (Å²) in [6, 6.07) is 16.3. The standard InChI is InChI=1S/C17H14N2O2/c20-14-7-5-12(6-8-14)11-19-17(21)16-15-4-2-1-3-13(15)9-10-18-16/h1-10,20H,11H2,(H,19,21). The monoisotopic (exact) mass is 278 g/mol. The number of nitrogens with zero attached hydrogens (tertiary/aromatic N) is 1. The molecule has 3 rings (SSSR count). The van der Waals surface area contributed by atoms with Crippen molar-refractivity contribution in [3.05, 3.63) is 72.1 Å². The fraction of sp³-hybridized carbons (Fsp3) is 0.0588. The minimum absolute atomic E-state index is 0.208. The van der Waals surface area contributed by atoms with Gasteiger partial charge in [-0.2, -0.15) is 0 Å². The molecule has 0 aliphatic heterocycles. The summed E-state index contributed by atoms with van der Waals surface area (Å²) in [4.78, 5) is 16.5. The lowest BCUT2D eigenvalue weighted by Gasteiger charge is -2.07. The molecule has 0 aliphatic rings. The van der Waals surface area contributed by atoms with Crippen molar-refractivity contribution in [1.29, 1.82) is 0 Å². The fourth-order valence-corrected chi connectivity index (χ4v) is 2.18. The molecule has 1 amide bonds. The van der Waals surface area contributed by atoms with Gasteiger partial charge in [-0.25, -0.2) is 0 Å². The van der Waals surface area contributed by atoms with Crippen LogP contribution in [0.1, 0.15) is 16.1 Å². The van der Waals surface area contributed by atoms with Crippen molar-refractivity contribution >= 4 is 16.7 Å². The predicted octanol–water partition coefficient (Wildman–Crippen LogP) is 2.87. The molecule has 0 aliphatic carbocycles. The quantitative estimate of drug-likeness (QED) is 0.774. The van der Waals surface area contributed by atoms with Crippen molar-refractivity contribution in [3.63, 3.8) is 0 Å². The third kappa shape index (κ3) is 2.84. The number of carbonyl (C=O) groups excluding carboxylic acids is 1. The summed E-state index contributed by atoms with van der Waals surface area (Å²) in [5.74, 6) is 0.000622. The molecule has 1 heterocycles. The zero-order valence-electron chi connectivity index (χ0n) is 11.3. The normalized spacial score (nSPS) is 10.5. The van der Waals surface area contributed by atoms with E-state index in [1.54, 1.807) is 30.5 Å². The fourth-order valence-electron chi connectivity index (χ4n) is 2.18. The number of fused-ring (bicyclic) bond motifs is 1. The first kappa shape index (κ1) is 13.1. The zero-order valence-corrected chi connectivity index (χ0v) is 11.3. The molecule has 2 aromatic carbocycles. The maximum absolute atomic E-state index is 12.3. The highest BCUT2D eigenvalue weighted by molar-refractivity contribution is 6.05. The predicted molar refractivity (Wildman–Crippen MR) is 81.0 cm³/mol. The van der Waals surface area contributed by atoms with Crippen molar-refractivity contribution in [1.82, 2.24) is 10.3 Å². The van der Waals surface area contributed by atoms with Crippen LogP contribution in [0.25, 0.3) is 10.8 Å². The van der Waals surface area contributed by atoms with Crippen LogP contribution < -0.4 is 5.32 Å². The summed E-state index contributed by atoms with van der Waals surface area (Å²) in [6.45, 7) is 0.393. The summed E-state index contributed by atoms with van der Waals surface area (Å²) in [7, 11) is 0. The number of rotatable bonds is 3. The smallest absolute Gasteiger partial charge is 0.270 e. The van der Waals surface area contributed by atoms with Gasteiger partial charge >= 0.3 is 0 Å². The van der Waals surface area contributed by atoms with Gasteiger partial charge in [-0.15, -0.1) is 0 Å². The van der Waals surface area contributed by atoms with E-state index in [0.29, 0.717) is 12.2 Å². The molecule has 0 saturated carbocycles. The minimum Gasteiger partial charge on any atom is -0.508 e. The van der Waals surface area contributed by atoms with Crippen molar-refractivity contribution in [2.45, 2.75) is 6.54 Å². The van der Waals surface area contributed by atoms with Gasteiger partial charge in [0, 0.05) is 18.1 Å². The summed E-state index contributed by atoms with van der Waals surface area (Å²) >= 11 is 0. The number of phenols is 1. The molecule has 21 heavy (non-hydrogen) atoms. The van der Waals surface area contributed by atoms with E-state index in [0.717, 1.165) is 16.3 Å². The number of amides is 1. The Morgan fingerprint density at radius 2 is 1.81 bits per heavy atom. The minimum atomic E-state index is -0.208. The molecule has 4 nitrogen and oxygen atoms in total. The summed E-state index contributed by atoms with van der Waals surface area (Å²) in [5.41, 5.74) is 1.34. The molecule has 104 valence electrons. The molecule has 0 fully saturated rings. The van der Waals surface area contributed by atoms with Gasteiger partial charge in [0.25, 0.3) is 5.91 Å². The lowest BCUT2D eigenvalue weighted by Crippen LogP contribution is -2.24. The van der Waals surface area contributed by atoms with E-state index in [1.807, 2.05) is 30.3 Å². The second-order valence-electron chi connectivity index (χ2n) is 4.73. The SMILES string of the molecule is O=C(NCc1ccc(O)cc1)c1nccc2ccccc12. The summed E-state index contributed by atoms with van der Waals surface area (Å²) < 4.78 is 0. The Morgan fingerprint density at radius 3 is 2.62 bits per heavy atom. The van der Waals surface area contributed by atoms with Gasteiger partial charge < -0.3 is 10.4 Å². The van der Waals surface area contributed by atoms with E-state index in [1.165, 1.54) is 0 Å². The van der Waals surface area contributed by atoms with E-state index < -0.39 is 0 Å². The number of pyridine rings is 1. The Bertz CT molecular complexity index is 777. The zero-order chi connectivity index (χ0) is 14.7. The molecule has 1 aromatic heterocycles.